The van der Waals surface area contributed by atoms with Crippen LogP contribution in [0.25, 0.3) is 10.9 Å². The lowest BCUT2D eigenvalue weighted by atomic mass is 9.94. The Morgan fingerprint density at radius 1 is 1.29 bits per heavy atom. The number of ether oxygens (including phenoxy) is 1. The molecule has 1 aliphatic rings. The standard InChI is InChI=1S/C14H15NO2/c1-8-6-9(17-2)7-11-10-4-3-5-12(16)14(10)15-13(8)11/h6-7,15H,3-5H2,1-2H3. The van der Waals surface area contributed by atoms with Crippen molar-refractivity contribution in [3.05, 3.63) is 29.0 Å². The normalized spacial score (nSPS) is 15.1. The minimum Gasteiger partial charge on any atom is -0.497 e. The maximum Gasteiger partial charge on any atom is 0.179 e. The minimum atomic E-state index is 0.237. The molecule has 3 rings (SSSR count). The Labute approximate surface area is 99.8 Å². The third-order valence-corrected chi connectivity index (χ3v) is 3.53. The Balaban J connectivity index is 2.34. The second-order valence-electron chi connectivity index (χ2n) is 4.62. The molecule has 0 radical (unpaired) electrons. The summed E-state index contributed by atoms with van der Waals surface area (Å²) in [5.74, 6) is 1.09. The lowest BCUT2D eigenvalue weighted by molar-refractivity contribution is 0.0968. The molecule has 1 aliphatic carbocycles. The number of aryl methyl sites for hydroxylation is 2. The van der Waals surface area contributed by atoms with E-state index in [1.54, 1.807) is 7.11 Å². The van der Waals surface area contributed by atoms with Crippen molar-refractivity contribution in [2.75, 3.05) is 7.11 Å². The number of aromatic amines is 1. The monoisotopic (exact) mass is 229 g/mol. The molecule has 1 heterocycles. The molecule has 0 bridgehead atoms. The van der Waals surface area contributed by atoms with E-state index < -0.39 is 0 Å². The van der Waals surface area contributed by atoms with Crippen LogP contribution < -0.4 is 4.74 Å². The summed E-state index contributed by atoms with van der Waals surface area (Å²) < 4.78 is 5.29. The third kappa shape index (κ3) is 1.46. The second kappa shape index (κ2) is 3.62. The van der Waals surface area contributed by atoms with Crippen molar-refractivity contribution in [1.82, 2.24) is 4.98 Å². The van der Waals surface area contributed by atoms with Gasteiger partial charge >= 0.3 is 0 Å². The van der Waals surface area contributed by atoms with Crippen molar-refractivity contribution in [2.45, 2.75) is 26.2 Å². The number of hydrogen-bond acceptors (Lipinski definition) is 2. The molecule has 17 heavy (non-hydrogen) atoms. The van der Waals surface area contributed by atoms with Gasteiger partial charge in [0, 0.05) is 17.3 Å². The van der Waals surface area contributed by atoms with Crippen LogP contribution >= 0.6 is 0 Å². The van der Waals surface area contributed by atoms with E-state index in [4.69, 9.17) is 4.74 Å². The van der Waals surface area contributed by atoms with E-state index in [0.717, 1.165) is 40.8 Å². The van der Waals surface area contributed by atoms with Gasteiger partial charge in [-0.25, -0.2) is 0 Å². The largest absolute Gasteiger partial charge is 0.497 e. The summed E-state index contributed by atoms with van der Waals surface area (Å²) in [5, 5.41) is 1.14. The van der Waals surface area contributed by atoms with Gasteiger partial charge in [0.05, 0.1) is 12.8 Å². The average Bonchev–Trinajstić information content (AvgIpc) is 2.70. The smallest absolute Gasteiger partial charge is 0.179 e. The summed E-state index contributed by atoms with van der Waals surface area (Å²) >= 11 is 0. The lowest BCUT2D eigenvalue weighted by Crippen LogP contribution is -2.09. The highest BCUT2D eigenvalue weighted by atomic mass is 16.5. The van der Waals surface area contributed by atoms with Crippen molar-refractivity contribution in [3.63, 3.8) is 0 Å². The number of benzene rings is 1. The molecule has 88 valence electrons. The van der Waals surface area contributed by atoms with Gasteiger partial charge in [0.1, 0.15) is 5.75 Å². The van der Waals surface area contributed by atoms with Crippen molar-refractivity contribution >= 4 is 16.7 Å². The van der Waals surface area contributed by atoms with Crippen LogP contribution in [0.5, 0.6) is 5.75 Å². The fourth-order valence-corrected chi connectivity index (χ4v) is 2.66. The first-order valence-electron chi connectivity index (χ1n) is 5.93. The molecular formula is C14H15NO2. The summed E-state index contributed by atoms with van der Waals surface area (Å²) in [5.41, 5.74) is 4.17. The van der Waals surface area contributed by atoms with Crippen LogP contribution in [-0.2, 0) is 6.42 Å². The highest BCUT2D eigenvalue weighted by molar-refractivity contribution is 6.04. The molecule has 2 aromatic rings. The molecule has 1 N–H and O–H groups in total. The Hall–Kier alpha value is -1.77. The zero-order valence-corrected chi connectivity index (χ0v) is 10.1. The summed E-state index contributed by atoms with van der Waals surface area (Å²) in [6.45, 7) is 2.04. The Kier molecular flexibility index (Phi) is 2.21. The fourth-order valence-electron chi connectivity index (χ4n) is 2.66. The van der Waals surface area contributed by atoms with Crippen LogP contribution in [-0.4, -0.2) is 17.9 Å². The van der Waals surface area contributed by atoms with Crippen LogP contribution in [0.4, 0.5) is 0 Å². The Bertz CT molecular complexity index is 610. The molecule has 0 saturated carbocycles. The van der Waals surface area contributed by atoms with Gasteiger partial charge in [0.25, 0.3) is 0 Å². The number of hydrogen-bond donors (Lipinski definition) is 1. The highest BCUT2D eigenvalue weighted by Gasteiger charge is 2.22. The molecule has 0 unspecified atom stereocenters. The van der Waals surface area contributed by atoms with Gasteiger partial charge in [-0.2, -0.15) is 0 Å². The number of carbonyl (C=O) groups is 1. The van der Waals surface area contributed by atoms with Gasteiger partial charge < -0.3 is 9.72 Å². The van der Waals surface area contributed by atoms with E-state index >= 15 is 0 Å². The minimum absolute atomic E-state index is 0.237. The fraction of sp³-hybridized carbons (Fsp3) is 0.357. The Morgan fingerprint density at radius 3 is 2.88 bits per heavy atom. The van der Waals surface area contributed by atoms with E-state index in [2.05, 4.69) is 4.98 Å². The number of methoxy groups -OCH3 is 1. The summed E-state index contributed by atoms with van der Waals surface area (Å²) in [7, 11) is 1.67. The molecule has 0 aliphatic heterocycles. The number of fused-ring (bicyclic) bond motifs is 3. The van der Waals surface area contributed by atoms with Crippen LogP contribution in [0, 0.1) is 6.92 Å². The molecule has 0 saturated heterocycles. The maximum atomic E-state index is 11.9. The lowest BCUT2D eigenvalue weighted by Gasteiger charge is -2.09. The molecule has 0 atom stereocenters. The maximum absolute atomic E-state index is 11.9. The summed E-state index contributed by atoms with van der Waals surface area (Å²) in [6, 6.07) is 4.02. The van der Waals surface area contributed by atoms with E-state index in [0.29, 0.717) is 6.42 Å². The number of H-pyrrole nitrogens is 1. The van der Waals surface area contributed by atoms with Crippen molar-refractivity contribution < 1.29 is 9.53 Å². The van der Waals surface area contributed by atoms with Gasteiger partial charge in [-0.3, -0.25) is 4.79 Å². The van der Waals surface area contributed by atoms with Gasteiger partial charge in [-0.15, -0.1) is 0 Å². The van der Waals surface area contributed by atoms with Crippen LogP contribution in [0.15, 0.2) is 12.1 Å². The molecule has 1 aromatic carbocycles. The molecular weight excluding hydrogens is 214 g/mol. The molecule has 0 spiro atoms. The van der Waals surface area contributed by atoms with Crippen molar-refractivity contribution in [2.24, 2.45) is 0 Å². The summed E-state index contributed by atoms with van der Waals surface area (Å²) in [6.07, 6.45) is 2.60. The summed E-state index contributed by atoms with van der Waals surface area (Å²) in [4.78, 5) is 15.1. The predicted octanol–water partition coefficient (Wildman–Crippen LogP) is 3.00. The molecule has 0 amide bonds. The van der Waals surface area contributed by atoms with E-state index in [1.807, 2.05) is 19.1 Å². The number of Topliss-reactive ketones (excluding diaryl/α,β-unsaturated/α-hetero) is 1. The average molecular weight is 229 g/mol. The van der Waals surface area contributed by atoms with Gasteiger partial charge in [-0.05, 0) is 43.0 Å². The first-order valence-corrected chi connectivity index (χ1v) is 5.93. The first-order chi connectivity index (χ1) is 8.20. The third-order valence-electron chi connectivity index (χ3n) is 3.53. The SMILES string of the molecule is COc1cc(C)c2[nH]c3c(c2c1)CCCC3=O. The molecule has 0 fully saturated rings. The van der Waals surface area contributed by atoms with Crippen LogP contribution in [0.1, 0.15) is 34.5 Å². The molecule has 1 aromatic heterocycles. The highest BCUT2D eigenvalue weighted by Crippen LogP contribution is 2.33. The van der Waals surface area contributed by atoms with Gasteiger partial charge in [-0.1, -0.05) is 0 Å². The zero-order valence-electron chi connectivity index (χ0n) is 10.1. The predicted molar refractivity (Wildman–Crippen MR) is 66.9 cm³/mol. The molecule has 3 heteroatoms. The number of rotatable bonds is 1. The quantitative estimate of drug-likeness (QED) is 0.816. The van der Waals surface area contributed by atoms with Gasteiger partial charge in [0.15, 0.2) is 5.78 Å². The van der Waals surface area contributed by atoms with E-state index in [9.17, 15) is 4.79 Å². The van der Waals surface area contributed by atoms with Gasteiger partial charge in [0.2, 0.25) is 0 Å². The number of ketones is 1. The zero-order chi connectivity index (χ0) is 12.0. The number of carbonyl (C=O) groups excluding carboxylic acids is 1. The van der Waals surface area contributed by atoms with Crippen molar-refractivity contribution in [1.29, 1.82) is 0 Å². The number of aromatic nitrogens is 1. The second-order valence-corrected chi connectivity index (χ2v) is 4.62. The van der Waals surface area contributed by atoms with E-state index in [1.165, 1.54) is 5.56 Å². The Morgan fingerprint density at radius 2 is 2.12 bits per heavy atom. The van der Waals surface area contributed by atoms with Crippen molar-refractivity contribution in [3.8, 4) is 5.75 Å². The first kappa shape index (κ1) is 10.4. The number of nitrogens with one attached hydrogen (secondary N) is 1. The topological polar surface area (TPSA) is 42.1 Å². The van der Waals surface area contributed by atoms with Crippen LogP contribution in [0.2, 0.25) is 0 Å². The molecule has 3 nitrogen and oxygen atoms in total. The van der Waals surface area contributed by atoms with Crippen LogP contribution in [0.3, 0.4) is 0 Å². The van der Waals surface area contributed by atoms with E-state index in [-0.39, 0.29) is 5.78 Å².